The van der Waals surface area contributed by atoms with E-state index in [1.165, 1.54) is 0 Å². The van der Waals surface area contributed by atoms with Crippen LogP contribution in [0.25, 0.3) is 0 Å². The highest BCUT2D eigenvalue weighted by Crippen LogP contribution is 2.26. The van der Waals surface area contributed by atoms with Gasteiger partial charge in [0.1, 0.15) is 6.42 Å². The van der Waals surface area contributed by atoms with Gasteiger partial charge >= 0.3 is 5.97 Å². The van der Waals surface area contributed by atoms with Crippen LogP contribution in [0.3, 0.4) is 0 Å². The van der Waals surface area contributed by atoms with Crippen molar-refractivity contribution in [3.05, 3.63) is 0 Å². The maximum absolute atomic E-state index is 11.5. The molecule has 0 aromatic heterocycles. The van der Waals surface area contributed by atoms with Crippen LogP contribution in [0.1, 0.15) is 26.2 Å². The van der Waals surface area contributed by atoms with Crippen molar-refractivity contribution in [1.29, 1.82) is 0 Å². The summed E-state index contributed by atoms with van der Waals surface area (Å²) in [5, 5.41) is 8.85. The molecule has 0 amide bonds. The molecule has 5 heteroatoms. The van der Waals surface area contributed by atoms with Gasteiger partial charge in [-0.1, -0.05) is 0 Å². The Morgan fingerprint density at radius 2 is 2.12 bits per heavy atom. The zero-order chi connectivity index (χ0) is 12.0. The number of rotatable bonds is 8. The highest BCUT2D eigenvalue weighted by atomic mass is 16.5. The van der Waals surface area contributed by atoms with Gasteiger partial charge in [0, 0.05) is 12.6 Å². The monoisotopic (exact) mass is 229 g/mol. The molecule has 1 rings (SSSR count). The normalized spacial score (nSPS) is 15.2. The van der Waals surface area contributed by atoms with E-state index in [1.54, 1.807) is 6.92 Å². The third kappa shape index (κ3) is 4.72. The predicted molar refractivity (Wildman–Crippen MR) is 57.9 cm³/mol. The largest absolute Gasteiger partial charge is 0.466 e. The zero-order valence-corrected chi connectivity index (χ0v) is 9.65. The van der Waals surface area contributed by atoms with Crippen LogP contribution in [0.2, 0.25) is 0 Å². The maximum atomic E-state index is 11.5. The summed E-state index contributed by atoms with van der Waals surface area (Å²) < 4.78 is 4.70. The molecule has 0 heterocycles. The number of carbonyl (C=O) groups excluding carboxylic acids is 2. The molecule has 5 nitrogen and oxygen atoms in total. The number of nitrogens with zero attached hydrogens (tertiary/aromatic N) is 1. The first kappa shape index (κ1) is 13.1. The Morgan fingerprint density at radius 3 is 2.62 bits per heavy atom. The summed E-state index contributed by atoms with van der Waals surface area (Å²) in [5.74, 6) is -0.606. The lowest BCUT2D eigenvalue weighted by atomic mass is 10.2. The lowest BCUT2D eigenvalue weighted by molar-refractivity contribution is -0.145. The summed E-state index contributed by atoms with van der Waals surface area (Å²) in [6.45, 7) is 2.80. The van der Waals surface area contributed by atoms with Gasteiger partial charge in [-0.05, 0) is 19.8 Å². The van der Waals surface area contributed by atoms with Crippen molar-refractivity contribution in [3.63, 3.8) is 0 Å². The number of esters is 1. The molecule has 0 atom stereocenters. The Morgan fingerprint density at radius 1 is 1.44 bits per heavy atom. The molecule has 1 aliphatic carbocycles. The van der Waals surface area contributed by atoms with Gasteiger partial charge in [-0.2, -0.15) is 0 Å². The summed E-state index contributed by atoms with van der Waals surface area (Å²) >= 11 is 0. The van der Waals surface area contributed by atoms with Crippen LogP contribution in [0.15, 0.2) is 0 Å². The van der Waals surface area contributed by atoms with Crippen molar-refractivity contribution in [1.82, 2.24) is 4.90 Å². The molecule has 0 unspecified atom stereocenters. The molecule has 1 saturated carbocycles. The Bertz CT molecular complexity index is 250. The van der Waals surface area contributed by atoms with Crippen molar-refractivity contribution < 1.29 is 19.4 Å². The fourth-order valence-electron chi connectivity index (χ4n) is 1.61. The molecule has 1 N–H and O–H groups in total. The van der Waals surface area contributed by atoms with Gasteiger partial charge in [-0.25, -0.2) is 0 Å². The average molecular weight is 229 g/mol. The van der Waals surface area contributed by atoms with Gasteiger partial charge in [0.2, 0.25) is 0 Å². The molecular weight excluding hydrogens is 210 g/mol. The number of aliphatic hydroxyl groups is 1. The molecule has 0 aromatic carbocycles. The van der Waals surface area contributed by atoms with Gasteiger partial charge in [-0.15, -0.1) is 0 Å². The maximum Gasteiger partial charge on any atom is 0.313 e. The second-order valence-electron chi connectivity index (χ2n) is 3.95. The summed E-state index contributed by atoms with van der Waals surface area (Å²) in [7, 11) is 0. The van der Waals surface area contributed by atoms with E-state index in [0.29, 0.717) is 19.2 Å². The summed E-state index contributed by atoms with van der Waals surface area (Å²) in [4.78, 5) is 24.5. The summed E-state index contributed by atoms with van der Waals surface area (Å²) in [5.41, 5.74) is 0. The molecule has 0 aliphatic heterocycles. The van der Waals surface area contributed by atoms with E-state index < -0.39 is 5.97 Å². The number of ketones is 1. The molecule has 0 spiro atoms. The molecule has 92 valence electrons. The van der Waals surface area contributed by atoms with Crippen molar-refractivity contribution in [2.45, 2.75) is 32.2 Å². The minimum Gasteiger partial charge on any atom is -0.466 e. The van der Waals surface area contributed by atoms with Gasteiger partial charge in [0.15, 0.2) is 5.78 Å². The van der Waals surface area contributed by atoms with Gasteiger partial charge in [0.05, 0.1) is 19.8 Å². The molecule has 0 aromatic rings. The molecule has 16 heavy (non-hydrogen) atoms. The fraction of sp³-hybridized carbons (Fsp3) is 0.818. The third-order valence-electron chi connectivity index (χ3n) is 2.48. The van der Waals surface area contributed by atoms with E-state index in [2.05, 4.69) is 0 Å². The number of Topliss-reactive ketones (excluding diaryl/α,β-unsaturated/α-hetero) is 1. The Labute approximate surface area is 95.4 Å². The fourth-order valence-corrected chi connectivity index (χ4v) is 1.61. The number of carbonyl (C=O) groups is 2. The average Bonchev–Trinajstić information content (AvgIpc) is 3.00. The minimum absolute atomic E-state index is 0.0448. The van der Waals surface area contributed by atoms with E-state index in [4.69, 9.17) is 9.84 Å². The van der Waals surface area contributed by atoms with Gasteiger partial charge < -0.3 is 9.84 Å². The first-order chi connectivity index (χ1) is 7.67. The zero-order valence-electron chi connectivity index (χ0n) is 9.65. The lowest BCUT2D eigenvalue weighted by Gasteiger charge is -2.19. The van der Waals surface area contributed by atoms with E-state index in [1.807, 2.05) is 4.90 Å². The predicted octanol–water partition coefficient (Wildman–Crippen LogP) is -0.0346. The van der Waals surface area contributed by atoms with Crippen LogP contribution in [0.5, 0.6) is 0 Å². The minimum atomic E-state index is -0.466. The van der Waals surface area contributed by atoms with Crippen molar-refractivity contribution in [2.24, 2.45) is 0 Å². The van der Waals surface area contributed by atoms with Crippen molar-refractivity contribution in [2.75, 3.05) is 26.3 Å². The smallest absolute Gasteiger partial charge is 0.313 e. The molecule has 1 fully saturated rings. The van der Waals surface area contributed by atoms with Crippen LogP contribution in [0, 0.1) is 0 Å². The second kappa shape index (κ2) is 6.60. The quantitative estimate of drug-likeness (QED) is 0.467. The molecule has 0 radical (unpaired) electrons. The highest BCUT2D eigenvalue weighted by molar-refractivity contribution is 5.96. The van der Waals surface area contributed by atoms with Gasteiger partial charge in [0.25, 0.3) is 0 Å². The van der Waals surface area contributed by atoms with Crippen LogP contribution in [0.4, 0.5) is 0 Å². The third-order valence-corrected chi connectivity index (χ3v) is 2.48. The number of ether oxygens (including phenoxy) is 1. The Balaban J connectivity index is 2.27. The van der Waals surface area contributed by atoms with E-state index in [-0.39, 0.29) is 25.4 Å². The highest BCUT2D eigenvalue weighted by Gasteiger charge is 2.30. The summed E-state index contributed by atoms with van der Waals surface area (Å²) in [6, 6.07) is 0.415. The first-order valence-corrected chi connectivity index (χ1v) is 5.69. The topological polar surface area (TPSA) is 66.8 Å². The van der Waals surface area contributed by atoms with Crippen molar-refractivity contribution >= 4 is 11.8 Å². The molecule has 1 aliphatic rings. The van der Waals surface area contributed by atoms with Gasteiger partial charge in [-0.3, -0.25) is 14.5 Å². The van der Waals surface area contributed by atoms with Crippen LogP contribution in [-0.2, 0) is 14.3 Å². The summed E-state index contributed by atoms with van der Waals surface area (Å²) in [6.07, 6.45) is 1.99. The SMILES string of the molecule is CCOC(=O)CC(=O)CN(CCO)C1CC1. The Hall–Kier alpha value is -0.940. The Kier molecular flexibility index (Phi) is 5.42. The molecule has 0 saturated heterocycles. The van der Waals surface area contributed by atoms with Crippen LogP contribution in [-0.4, -0.2) is 54.1 Å². The first-order valence-electron chi connectivity index (χ1n) is 5.69. The van der Waals surface area contributed by atoms with Crippen molar-refractivity contribution in [3.8, 4) is 0 Å². The van der Waals surface area contributed by atoms with E-state index in [9.17, 15) is 9.59 Å². The number of hydrogen-bond acceptors (Lipinski definition) is 5. The lowest BCUT2D eigenvalue weighted by Crippen LogP contribution is -2.35. The van der Waals surface area contributed by atoms with Crippen LogP contribution >= 0.6 is 0 Å². The van der Waals surface area contributed by atoms with Crippen LogP contribution < -0.4 is 0 Å². The molecule has 0 bridgehead atoms. The standard InChI is InChI=1S/C11H19NO4/c1-2-16-11(15)7-10(14)8-12(5-6-13)9-3-4-9/h9,13H,2-8H2,1H3. The van der Waals surface area contributed by atoms with E-state index in [0.717, 1.165) is 12.8 Å². The number of hydrogen-bond donors (Lipinski definition) is 1. The van der Waals surface area contributed by atoms with E-state index >= 15 is 0 Å². The molecular formula is C11H19NO4. The number of aliphatic hydroxyl groups excluding tert-OH is 1. The second-order valence-corrected chi connectivity index (χ2v) is 3.95.